The van der Waals surface area contributed by atoms with Crippen molar-refractivity contribution in [2.24, 2.45) is 11.3 Å². The predicted molar refractivity (Wildman–Crippen MR) is 142 cm³/mol. The van der Waals surface area contributed by atoms with Crippen molar-refractivity contribution >= 4 is 28.6 Å². The number of nitrogens with one attached hydrogen (secondary N) is 3. The van der Waals surface area contributed by atoms with Crippen molar-refractivity contribution in [2.75, 3.05) is 13.7 Å². The van der Waals surface area contributed by atoms with E-state index in [4.69, 9.17) is 4.74 Å². The monoisotopic (exact) mass is 519 g/mol. The Balaban J connectivity index is 1.37. The van der Waals surface area contributed by atoms with Gasteiger partial charge in [0.1, 0.15) is 23.5 Å². The zero-order valence-electron chi connectivity index (χ0n) is 22.4. The number of likely N-dealkylation sites (tertiary alicyclic amines) is 1. The van der Waals surface area contributed by atoms with Crippen LogP contribution in [-0.2, 0) is 9.59 Å². The molecule has 2 aromatic rings. The van der Waals surface area contributed by atoms with Crippen molar-refractivity contribution < 1.29 is 19.1 Å². The summed E-state index contributed by atoms with van der Waals surface area (Å²) < 4.78 is 5.46. The lowest BCUT2D eigenvalue weighted by molar-refractivity contribution is -0.126. The number of ether oxygens (including phenoxy) is 1. The number of H-pyrrole nitrogens is 1. The summed E-state index contributed by atoms with van der Waals surface area (Å²) in [5.74, 6) is -0.289. The average Bonchev–Trinajstić information content (AvgIpc) is 3.56. The molecule has 9 nitrogen and oxygen atoms in total. The SMILES string of the molecule is COc1cccc2[nH]c(C(=O)N3CC4(CCCCC4)CC3C(=O)N[C@H](C#N)C[C@@H]3CC(C)(C)NC3=O)cc12. The Morgan fingerprint density at radius 2 is 2.00 bits per heavy atom. The number of nitrogens with zero attached hydrogens (tertiary/aromatic N) is 2. The topological polar surface area (TPSA) is 127 Å². The number of amides is 3. The van der Waals surface area contributed by atoms with Gasteiger partial charge in [0.25, 0.3) is 5.91 Å². The van der Waals surface area contributed by atoms with Gasteiger partial charge in [-0.15, -0.1) is 0 Å². The van der Waals surface area contributed by atoms with E-state index >= 15 is 0 Å². The van der Waals surface area contributed by atoms with Gasteiger partial charge in [-0.05, 0) is 69.6 Å². The highest BCUT2D eigenvalue weighted by atomic mass is 16.5. The first kappa shape index (κ1) is 26.1. The molecule has 5 rings (SSSR count). The Bertz CT molecular complexity index is 1290. The van der Waals surface area contributed by atoms with Crippen molar-refractivity contribution in [3.8, 4) is 11.8 Å². The number of methoxy groups -OCH3 is 1. The number of benzene rings is 1. The van der Waals surface area contributed by atoms with Crippen molar-refractivity contribution in [3.63, 3.8) is 0 Å². The summed E-state index contributed by atoms with van der Waals surface area (Å²) in [6.07, 6.45) is 6.78. The number of carbonyl (C=O) groups excluding carboxylic acids is 3. The molecule has 1 aromatic heterocycles. The van der Waals surface area contributed by atoms with Gasteiger partial charge in [-0.3, -0.25) is 14.4 Å². The zero-order chi connectivity index (χ0) is 27.1. The Morgan fingerprint density at radius 1 is 1.24 bits per heavy atom. The molecular formula is C29H37N5O4. The van der Waals surface area contributed by atoms with Crippen LogP contribution in [0.25, 0.3) is 10.9 Å². The van der Waals surface area contributed by atoms with Crippen LogP contribution >= 0.6 is 0 Å². The standard InChI is InChI=1S/C29H37N5O4/c1-28(2)14-18(25(35)33-28)12-19(16-30)31-26(36)23-15-29(10-5-4-6-11-29)17-34(23)27(37)22-13-20-21(32-22)8-7-9-24(20)38-3/h7-9,13,18-19,23,32H,4-6,10-12,14-15,17H2,1-3H3,(H,31,36)(H,33,35)/t18-,19+,23?/m1/s1. The van der Waals surface area contributed by atoms with E-state index in [1.54, 1.807) is 18.1 Å². The Labute approximate surface area is 223 Å². The highest BCUT2D eigenvalue weighted by Gasteiger charge is 2.49. The zero-order valence-corrected chi connectivity index (χ0v) is 22.4. The number of hydrogen-bond acceptors (Lipinski definition) is 5. The van der Waals surface area contributed by atoms with Crippen LogP contribution in [-0.4, -0.2) is 58.9 Å². The van der Waals surface area contributed by atoms with E-state index < -0.39 is 12.1 Å². The minimum absolute atomic E-state index is 0.0856. The summed E-state index contributed by atoms with van der Waals surface area (Å²) in [7, 11) is 1.60. The number of nitriles is 1. The van der Waals surface area contributed by atoms with E-state index in [0.717, 1.165) is 36.6 Å². The van der Waals surface area contributed by atoms with Crippen LogP contribution < -0.4 is 15.4 Å². The minimum atomic E-state index is -0.802. The maximum absolute atomic E-state index is 13.9. The lowest BCUT2D eigenvalue weighted by Gasteiger charge is -2.32. The predicted octanol–water partition coefficient (Wildman–Crippen LogP) is 3.65. The van der Waals surface area contributed by atoms with Gasteiger partial charge in [-0.25, -0.2) is 0 Å². The molecule has 3 amide bonds. The molecule has 3 aliphatic rings. The molecule has 1 aliphatic carbocycles. The number of aromatic amines is 1. The second-order valence-corrected chi connectivity index (χ2v) is 12.0. The second kappa shape index (κ2) is 9.97. The van der Waals surface area contributed by atoms with Gasteiger partial charge < -0.3 is 25.3 Å². The Morgan fingerprint density at radius 3 is 2.66 bits per heavy atom. The first-order valence-corrected chi connectivity index (χ1v) is 13.6. The molecule has 1 unspecified atom stereocenters. The molecule has 3 heterocycles. The molecule has 3 atom stereocenters. The van der Waals surface area contributed by atoms with Crippen LogP contribution in [0, 0.1) is 22.7 Å². The van der Waals surface area contributed by atoms with Crippen LogP contribution in [0.1, 0.15) is 75.7 Å². The minimum Gasteiger partial charge on any atom is -0.496 e. The molecule has 2 saturated heterocycles. The highest BCUT2D eigenvalue weighted by molar-refractivity contribution is 6.02. The molecule has 1 spiro atoms. The largest absolute Gasteiger partial charge is 0.496 e. The number of fused-ring (bicyclic) bond motifs is 1. The second-order valence-electron chi connectivity index (χ2n) is 12.0. The van der Waals surface area contributed by atoms with Crippen LogP contribution in [0.5, 0.6) is 5.75 Å². The smallest absolute Gasteiger partial charge is 0.271 e. The summed E-state index contributed by atoms with van der Waals surface area (Å²) >= 11 is 0. The van der Waals surface area contributed by atoms with E-state index in [1.165, 1.54) is 6.42 Å². The van der Waals surface area contributed by atoms with Crippen LogP contribution in [0.3, 0.4) is 0 Å². The maximum atomic E-state index is 13.9. The van der Waals surface area contributed by atoms with Crippen molar-refractivity contribution in [1.82, 2.24) is 20.5 Å². The molecule has 0 bridgehead atoms. The fourth-order valence-corrected chi connectivity index (χ4v) is 6.83. The lowest BCUT2D eigenvalue weighted by Crippen LogP contribution is -2.49. The molecule has 1 aromatic carbocycles. The van der Waals surface area contributed by atoms with Crippen LogP contribution in [0.4, 0.5) is 0 Å². The van der Waals surface area contributed by atoms with Gasteiger partial charge >= 0.3 is 0 Å². The number of carbonyl (C=O) groups is 3. The first-order valence-electron chi connectivity index (χ1n) is 13.6. The molecule has 9 heteroatoms. The molecule has 3 fully saturated rings. The Hall–Kier alpha value is -3.54. The van der Waals surface area contributed by atoms with E-state index in [0.29, 0.717) is 30.8 Å². The lowest BCUT2D eigenvalue weighted by atomic mass is 9.72. The third-order valence-corrected chi connectivity index (χ3v) is 8.64. The van der Waals surface area contributed by atoms with Gasteiger partial charge in [0.2, 0.25) is 11.8 Å². The number of rotatable bonds is 6. The summed E-state index contributed by atoms with van der Waals surface area (Å²) in [5.41, 5.74) is 0.798. The quantitative estimate of drug-likeness (QED) is 0.537. The molecule has 202 valence electrons. The maximum Gasteiger partial charge on any atom is 0.271 e. The van der Waals surface area contributed by atoms with E-state index in [9.17, 15) is 19.6 Å². The van der Waals surface area contributed by atoms with E-state index in [2.05, 4.69) is 21.7 Å². The highest BCUT2D eigenvalue weighted by Crippen LogP contribution is 2.47. The van der Waals surface area contributed by atoms with Crippen molar-refractivity contribution in [2.45, 2.75) is 82.8 Å². The van der Waals surface area contributed by atoms with E-state index in [1.807, 2.05) is 32.0 Å². The molecule has 2 aliphatic heterocycles. The molecular weight excluding hydrogens is 482 g/mol. The van der Waals surface area contributed by atoms with Gasteiger partial charge in [0.15, 0.2) is 0 Å². The normalized spacial score (nSPS) is 24.7. The van der Waals surface area contributed by atoms with Crippen molar-refractivity contribution in [1.29, 1.82) is 5.26 Å². The Kier molecular flexibility index (Phi) is 6.84. The molecule has 0 radical (unpaired) electrons. The fraction of sp³-hybridized carbons (Fsp3) is 0.586. The summed E-state index contributed by atoms with van der Waals surface area (Å²) in [6, 6.07) is 8.10. The van der Waals surface area contributed by atoms with Gasteiger partial charge in [0, 0.05) is 28.9 Å². The summed E-state index contributed by atoms with van der Waals surface area (Å²) in [5, 5.41) is 16.5. The third-order valence-electron chi connectivity index (χ3n) is 8.64. The van der Waals surface area contributed by atoms with Gasteiger partial charge in [-0.1, -0.05) is 25.3 Å². The van der Waals surface area contributed by atoms with E-state index in [-0.39, 0.29) is 41.0 Å². The molecule has 38 heavy (non-hydrogen) atoms. The number of hydrogen-bond donors (Lipinski definition) is 3. The number of aromatic nitrogens is 1. The fourth-order valence-electron chi connectivity index (χ4n) is 6.83. The van der Waals surface area contributed by atoms with Gasteiger partial charge in [0.05, 0.1) is 13.2 Å². The summed E-state index contributed by atoms with van der Waals surface area (Å²) in [6.45, 7) is 4.43. The third kappa shape index (κ3) is 4.96. The van der Waals surface area contributed by atoms with Crippen LogP contribution in [0.15, 0.2) is 24.3 Å². The summed E-state index contributed by atoms with van der Waals surface area (Å²) in [4.78, 5) is 44.8. The average molecular weight is 520 g/mol. The van der Waals surface area contributed by atoms with Gasteiger partial charge in [-0.2, -0.15) is 5.26 Å². The molecule has 3 N–H and O–H groups in total. The first-order chi connectivity index (χ1) is 18.1. The molecule has 1 saturated carbocycles. The van der Waals surface area contributed by atoms with Crippen molar-refractivity contribution in [3.05, 3.63) is 30.0 Å². The van der Waals surface area contributed by atoms with Crippen LogP contribution in [0.2, 0.25) is 0 Å².